The summed E-state index contributed by atoms with van der Waals surface area (Å²) in [5, 5.41) is 10.4. The molecule has 0 spiro atoms. The number of likely N-dealkylation sites (tertiary alicyclic amines) is 1. The Balaban J connectivity index is 1.40. The van der Waals surface area contributed by atoms with Gasteiger partial charge in [0.25, 0.3) is 0 Å². The fourth-order valence-electron chi connectivity index (χ4n) is 3.92. The second kappa shape index (κ2) is 8.48. The Morgan fingerprint density at radius 3 is 2.93 bits per heavy atom. The van der Waals surface area contributed by atoms with Crippen LogP contribution in [-0.2, 0) is 13.0 Å². The zero-order valence-electron chi connectivity index (χ0n) is 16.5. The van der Waals surface area contributed by atoms with Crippen LogP contribution in [0.15, 0.2) is 36.7 Å². The molecule has 1 atom stereocenters. The van der Waals surface area contributed by atoms with Crippen molar-refractivity contribution >= 4 is 11.6 Å². The van der Waals surface area contributed by atoms with Gasteiger partial charge in [-0.05, 0) is 57.2 Å². The maximum Gasteiger partial charge on any atom is 0.153 e. The molecule has 0 radical (unpaired) electrons. The van der Waals surface area contributed by atoms with Crippen LogP contribution in [0.5, 0.6) is 0 Å². The minimum Gasteiger partial charge on any atom is -0.323 e. The fourth-order valence-corrected chi connectivity index (χ4v) is 3.92. The summed E-state index contributed by atoms with van der Waals surface area (Å²) in [4.78, 5) is 16.0. The fraction of sp³-hybridized carbons (Fsp3) is 0.429. The van der Waals surface area contributed by atoms with Crippen LogP contribution >= 0.6 is 0 Å². The summed E-state index contributed by atoms with van der Waals surface area (Å²) in [7, 11) is 0. The monoisotopic (exact) mass is 377 g/mol. The average molecular weight is 377 g/mol. The van der Waals surface area contributed by atoms with Crippen molar-refractivity contribution in [3.8, 4) is 0 Å². The molecule has 1 aliphatic heterocycles. The molecule has 0 amide bonds. The van der Waals surface area contributed by atoms with Crippen LogP contribution in [0.1, 0.15) is 35.6 Å². The van der Waals surface area contributed by atoms with Gasteiger partial charge in [-0.2, -0.15) is 5.10 Å². The number of pyridine rings is 1. The van der Waals surface area contributed by atoms with E-state index in [2.05, 4.69) is 47.5 Å². The first kappa shape index (κ1) is 18.6. The van der Waals surface area contributed by atoms with Gasteiger partial charge in [-0.15, -0.1) is 0 Å². The third kappa shape index (κ3) is 4.92. The smallest absolute Gasteiger partial charge is 0.153 e. The predicted molar refractivity (Wildman–Crippen MR) is 109 cm³/mol. The van der Waals surface area contributed by atoms with Crippen LogP contribution in [0, 0.1) is 19.8 Å². The second-order valence-corrected chi connectivity index (χ2v) is 7.66. The number of aromatic nitrogens is 5. The molecule has 4 heterocycles. The zero-order valence-corrected chi connectivity index (χ0v) is 16.5. The van der Waals surface area contributed by atoms with Gasteiger partial charge >= 0.3 is 0 Å². The SMILES string of the molecule is Cc1nc(CC2CCCN(Cc3cccnc3)C2)cc(Nc2cc(C)[nH]n2)n1. The predicted octanol–water partition coefficient (Wildman–Crippen LogP) is 3.41. The number of nitrogens with zero attached hydrogens (tertiary/aromatic N) is 5. The number of nitrogens with one attached hydrogen (secondary N) is 2. The molecule has 28 heavy (non-hydrogen) atoms. The maximum absolute atomic E-state index is 4.68. The molecule has 2 N–H and O–H groups in total. The summed E-state index contributed by atoms with van der Waals surface area (Å²) in [6.07, 6.45) is 7.24. The summed E-state index contributed by atoms with van der Waals surface area (Å²) in [5.41, 5.74) is 3.39. The number of anilines is 2. The molecule has 1 saturated heterocycles. The zero-order chi connectivity index (χ0) is 19.3. The summed E-state index contributed by atoms with van der Waals surface area (Å²) in [6.45, 7) is 7.15. The summed E-state index contributed by atoms with van der Waals surface area (Å²) >= 11 is 0. The number of H-pyrrole nitrogens is 1. The lowest BCUT2D eigenvalue weighted by Gasteiger charge is -2.32. The van der Waals surface area contributed by atoms with Crippen LogP contribution in [0.3, 0.4) is 0 Å². The van der Waals surface area contributed by atoms with Crippen molar-refractivity contribution < 1.29 is 0 Å². The first-order chi connectivity index (χ1) is 13.6. The molecule has 0 aliphatic carbocycles. The van der Waals surface area contributed by atoms with E-state index in [0.29, 0.717) is 5.92 Å². The number of piperidine rings is 1. The normalized spacial score (nSPS) is 17.6. The Hall–Kier alpha value is -2.80. The second-order valence-electron chi connectivity index (χ2n) is 7.66. The van der Waals surface area contributed by atoms with Gasteiger partial charge in [-0.1, -0.05) is 6.07 Å². The highest BCUT2D eigenvalue weighted by Gasteiger charge is 2.21. The van der Waals surface area contributed by atoms with Gasteiger partial charge in [0.05, 0.1) is 0 Å². The highest BCUT2D eigenvalue weighted by atomic mass is 15.2. The molecule has 1 fully saturated rings. The van der Waals surface area contributed by atoms with Crippen molar-refractivity contribution in [3.63, 3.8) is 0 Å². The van der Waals surface area contributed by atoms with Crippen LogP contribution in [0.4, 0.5) is 11.6 Å². The molecule has 146 valence electrons. The Kier molecular flexibility index (Phi) is 5.62. The van der Waals surface area contributed by atoms with Gasteiger partial charge in [0.1, 0.15) is 11.6 Å². The van der Waals surface area contributed by atoms with Gasteiger partial charge in [0.15, 0.2) is 5.82 Å². The molecular weight excluding hydrogens is 350 g/mol. The van der Waals surface area contributed by atoms with E-state index in [-0.39, 0.29) is 0 Å². The van der Waals surface area contributed by atoms with E-state index in [1.165, 1.54) is 18.4 Å². The standard InChI is InChI=1S/C21H27N7/c1-15-9-21(27-26-15)25-20-11-19(23-16(2)24-20)10-17-6-4-8-28(13-17)14-18-5-3-7-22-12-18/h3,5,7,9,11-12,17H,4,6,8,10,13-14H2,1-2H3,(H2,23,24,25,26,27). The van der Waals surface area contributed by atoms with Crippen LogP contribution in [-0.4, -0.2) is 43.1 Å². The molecule has 7 nitrogen and oxygen atoms in total. The Labute approximate surface area is 165 Å². The first-order valence-corrected chi connectivity index (χ1v) is 9.89. The third-order valence-corrected chi connectivity index (χ3v) is 5.08. The van der Waals surface area contributed by atoms with Crippen molar-refractivity contribution in [2.75, 3.05) is 18.4 Å². The molecular formula is C21H27N7. The molecule has 4 rings (SSSR count). The topological polar surface area (TPSA) is 82.6 Å². The first-order valence-electron chi connectivity index (χ1n) is 9.89. The van der Waals surface area contributed by atoms with Crippen molar-refractivity contribution in [1.29, 1.82) is 0 Å². The minimum atomic E-state index is 0.611. The summed E-state index contributed by atoms with van der Waals surface area (Å²) in [5.74, 6) is 2.98. The van der Waals surface area contributed by atoms with Gasteiger partial charge in [0, 0.05) is 49.0 Å². The summed E-state index contributed by atoms with van der Waals surface area (Å²) < 4.78 is 0. The van der Waals surface area contributed by atoms with Crippen molar-refractivity contribution in [1.82, 2.24) is 30.0 Å². The molecule has 0 saturated carbocycles. The Morgan fingerprint density at radius 1 is 1.21 bits per heavy atom. The van der Waals surface area contributed by atoms with E-state index < -0.39 is 0 Å². The minimum absolute atomic E-state index is 0.611. The maximum atomic E-state index is 4.68. The third-order valence-electron chi connectivity index (χ3n) is 5.08. The van der Waals surface area contributed by atoms with Crippen molar-refractivity contribution in [2.24, 2.45) is 5.92 Å². The highest BCUT2D eigenvalue weighted by molar-refractivity contribution is 5.52. The lowest BCUT2D eigenvalue weighted by Crippen LogP contribution is -2.35. The Bertz CT molecular complexity index is 906. The van der Waals surface area contributed by atoms with Crippen LogP contribution in [0.25, 0.3) is 0 Å². The average Bonchev–Trinajstić information content (AvgIpc) is 3.07. The van der Waals surface area contributed by atoms with E-state index in [0.717, 1.165) is 54.9 Å². The number of hydrogen-bond acceptors (Lipinski definition) is 6. The van der Waals surface area contributed by atoms with Crippen LogP contribution in [0.2, 0.25) is 0 Å². The van der Waals surface area contributed by atoms with Crippen LogP contribution < -0.4 is 5.32 Å². The number of rotatable bonds is 6. The van der Waals surface area contributed by atoms with E-state index >= 15 is 0 Å². The number of aryl methyl sites for hydroxylation is 2. The lowest BCUT2D eigenvalue weighted by molar-refractivity contribution is 0.166. The number of hydrogen-bond donors (Lipinski definition) is 2. The van der Waals surface area contributed by atoms with Crippen molar-refractivity contribution in [3.05, 3.63) is 59.4 Å². The number of aromatic amines is 1. The van der Waals surface area contributed by atoms with Gasteiger partial charge in [-0.3, -0.25) is 15.0 Å². The molecule has 3 aromatic heterocycles. The molecule has 7 heteroatoms. The molecule has 0 bridgehead atoms. The van der Waals surface area contributed by atoms with Crippen molar-refractivity contribution in [2.45, 2.75) is 39.7 Å². The van der Waals surface area contributed by atoms with E-state index in [9.17, 15) is 0 Å². The quantitative estimate of drug-likeness (QED) is 0.685. The molecule has 1 unspecified atom stereocenters. The van der Waals surface area contributed by atoms with E-state index in [1.807, 2.05) is 38.4 Å². The summed E-state index contributed by atoms with van der Waals surface area (Å²) in [6, 6.07) is 8.18. The van der Waals surface area contributed by atoms with Gasteiger partial charge in [-0.25, -0.2) is 9.97 Å². The highest BCUT2D eigenvalue weighted by Crippen LogP contribution is 2.23. The van der Waals surface area contributed by atoms with Gasteiger partial charge < -0.3 is 5.32 Å². The largest absolute Gasteiger partial charge is 0.323 e. The Morgan fingerprint density at radius 2 is 2.14 bits per heavy atom. The molecule has 1 aliphatic rings. The van der Waals surface area contributed by atoms with E-state index in [4.69, 9.17) is 0 Å². The van der Waals surface area contributed by atoms with E-state index in [1.54, 1.807) is 0 Å². The molecule has 3 aromatic rings. The lowest BCUT2D eigenvalue weighted by atomic mass is 9.93. The van der Waals surface area contributed by atoms with Gasteiger partial charge in [0.2, 0.25) is 0 Å². The molecule has 0 aromatic carbocycles.